The highest BCUT2D eigenvalue weighted by Crippen LogP contribution is 2.41. The SMILES string of the molecule is C=CC=O.CNc1ccccc1C1CCNc2c(C(N)=O)c(-c3ccc(C(F)(F)F)c(Cl)c3)nn21. The topological polar surface area (TPSA) is 102 Å². The number of benzene rings is 2. The lowest BCUT2D eigenvalue weighted by molar-refractivity contribution is -0.137. The predicted octanol–water partition coefficient (Wildman–Crippen LogP) is 5.14. The van der Waals surface area contributed by atoms with E-state index < -0.39 is 22.7 Å². The number of halogens is 4. The molecule has 0 saturated carbocycles. The molecule has 1 aliphatic rings. The third-order valence-electron chi connectivity index (χ3n) is 5.40. The minimum Gasteiger partial charge on any atom is -0.388 e. The first kappa shape index (κ1) is 25.8. The lowest BCUT2D eigenvalue weighted by atomic mass is 9.99. The molecule has 0 aliphatic carbocycles. The molecule has 0 spiro atoms. The van der Waals surface area contributed by atoms with E-state index in [1.807, 2.05) is 31.3 Å². The Hall–Kier alpha value is -3.79. The van der Waals surface area contributed by atoms with E-state index in [2.05, 4.69) is 22.3 Å². The molecule has 11 heteroatoms. The Bertz CT molecular complexity index is 1250. The van der Waals surface area contributed by atoms with Crippen molar-refractivity contribution in [3.05, 3.63) is 76.8 Å². The number of carbonyl (C=O) groups is 2. The fourth-order valence-corrected chi connectivity index (χ4v) is 4.20. The van der Waals surface area contributed by atoms with Crippen molar-refractivity contribution in [3.63, 3.8) is 0 Å². The van der Waals surface area contributed by atoms with E-state index in [9.17, 15) is 18.0 Å². The van der Waals surface area contributed by atoms with E-state index in [-0.39, 0.29) is 22.9 Å². The summed E-state index contributed by atoms with van der Waals surface area (Å²) in [7, 11) is 1.81. The maximum Gasteiger partial charge on any atom is 0.417 e. The van der Waals surface area contributed by atoms with Crippen LogP contribution in [0.2, 0.25) is 5.02 Å². The van der Waals surface area contributed by atoms with Gasteiger partial charge in [0.05, 0.1) is 16.6 Å². The number of rotatable bonds is 5. The molecule has 184 valence electrons. The molecule has 2 aromatic carbocycles. The normalized spacial score (nSPS) is 14.6. The number of nitrogens with two attached hydrogens (primary N) is 1. The van der Waals surface area contributed by atoms with Crippen molar-refractivity contribution >= 4 is 35.3 Å². The molecule has 1 unspecified atom stereocenters. The van der Waals surface area contributed by atoms with Gasteiger partial charge in [-0.2, -0.15) is 18.3 Å². The standard InChI is InChI=1S/C21H19ClF3N5O.C3H4O/c1-27-15-5-3-2-4-12(15)16-8-9-28-20-17(19(26)31)18(29-30(16)20)11-6-7-13(14(22)10-11)21(23,24)25;1-2-3-4/h2-7,10,16,27-28H,8-9H2,1H3,(H2,26,31);2-3H,1H2. The van der Waals surface area contributed by atoms with Crippen molar-refractivity contribution in [2.75, 3.05) is 24.2 Å². The third-order valence-corrected chi connectivity index (χ3v) is 5.71. The lowest BCUT2D eigenvalue weighted by Crippen LogP contribution is -2.26. The van der Waals surface area contributed by atoms with Crippen molar-refractivity contribution in [2.24, 2.45) is 5.73 Å². The van der Waals surface area contributed by atoms with Gasteiger partial charge in [0.25, 0.3) is 5.91 Å². The van der Waals surface area contributed by atoms with Gasteiger partial charge in [0, 0.05) is 24.8 Å². The molecule has 4 rings (SSSR count). The average molecular weight is 506 g/mol. The number of allylic oxidation sites excluding steroid dienone is 1. The number of aldehydes is 1. The average Bonchev–Trinajstić information content (AvgIpc) is 3.23. The molecule has 3 aromatic rings. The number of carbonyl (C=O) groups excluding carboxylic acids is 2. The smallest absolute Gasteiger partial charge is 0.388 e. The zero-order chi connectivity index (χ0) is 25.8. The van der Waals surface area contributed by atoms with Gasteiger partial charge in [-0.1, -0.05) is 42.4 Å². The van der Waals surface area contributed by atoms with Gasteiger partial charge >= 0.3 is 6.18 Å². The second-order valence-electron chi connectivity index (χ2n) is 7.51. The first-order chi connectivity index (χ1) is 16.6. The lowest BCUT2D eigenvalue weighted by Gasteiger charge is -2.27. The molecular formula is C24H23ClF3N5O2. The molecule has 0 bridgehead atoms. The first-order valence-corrected chi connectivity index (χ1v) is 10.9. The summed E-state index contributed by atoms with van der Waals surface area (Å²) in [5, 5.41) is 10.4. The molecule has 1 aromatic heterocycles. The Labute approximate surface area is 204 Å². The number of para-hydroxylation sites is 1. The number of anilines is 2. The second kappa shape index (κ2) is 10.6. The van der Waals surface area contributed by atoms with Gasteiger partial charge < -0.3 is 16.4 Å². The quantitative estimate of drug-likeness (QED) is 0.329. The van der Waals surface area contributed by atoms with Crippen molar-refractivity contribution in [1.29, 1.82) is 0 Å². The van der Waals surface area contributed by atoms with Gasteiger partial charge in [-0.25, -0.2) is 4.68 Å². The number of amides is 1. The molecule has 0 radical (unpaired) electrons. The van der Waals surface area contributed by atoms with Gasteiger partial charge in [0.1, 0.15) is 23.4 Å². The zero-order valence-electron chi connectivity index (χ0n) is 18.7. The van der Waals surface area contributed by atoms with Crippen molar-refractivity contribution < 1.29 is 22.8 Å². The minimum absolute atomic E-state index is 0.113. The molecule has 35 heavy (non-hydrogen) atoms. The molecule has 4 N–H and O–H groups in total. The number of hydrogen-bond acceptors (Lipinski definition) is 5. The molecule has 1 amide bonds. The summed E-state index contributed by atoms with van der Waals surface area (Å²) in [5.74, 6) is -0.303. The van der Waals surface area contributed by atoms with E-state index in [1.54, 1.807) is 4.68 Å². The van der Waals surface area contributed by atoms with Gasteiger partial charge in [-0.3, -0.25) is 9.59 Å². The van der Waals surface area contributed by atoms with Crippen LogP contribution in [0.4, 0.5) is 24.7 Å². The van der Waals surface area contributed by atoms with Gasteiger partial charge in [-0.15, -0.1) is 0 Å². The number of nitrogens with one attached hydrogen (secondary N) is 2. The summed E-state index contributed by atoms with van der Waals surface area (Å²) in [6.07, 6.45) is -2.06. The van der Waals surface area contributed by atoms with Crippen molar-refractivity contribution in [2.45, 2.75) is 18.6 Å². The summed E-state index contributed by atoms with van der Waals surface area (Å²) < 4.78 is 40.9. The molecular weight excluding hydrogens is 483 g/mol. The Balaban J connectivity index is 0.000000795. The van der Waals surface area contributed by atoms with E-state index in [4.69, 9.17) is 22.1 Å². The highest BCUT2D eigenvalue weighted by Gasteiger charge is 2.35. The van der Waals surface area contributed by atoms with Crippen LogP contribution in [-0.4, -0.2) is 35.6 Å². The van der Waals surface area contributed by atoms with Gasteiger partial charge in [0.15, 0.2) is 0 Å². The number of hydrogen-bond donors (Lipinski definition) is 3. The summed E-state index contributed by atoms with van der Waals surface area (Å²) in [4.78, 5) is 21.4. The summed E-state index contributed by atoms with van der Waals surface area (Å²) in [6.45, 7) is 3.68. The molecule has 0 fully saturated rings. The monoisotopic (exact) mass is 505 g/mol. The van der Waals surface area contributed by atoms with Crippen LogP contribution < -0.4 is 16.4 Å². The Morgan fingerprint density at radius 3 is 2.57 bits per heavy atom. The van der Waals surface area contributed by atoms with Crippen LogP contribution in [0.25, 0.3) is 11.3 Å². The maximum atomic E-state index is 13.1. The van der Waals surface area contributed by atoms with Crippen LogP contribution in [0.15, 0.2) is 55.1 Å². The Kier molecular flexibility index (Phi) is 7.85. The number of nitrogens with zero attached hydrogens (tertiary/aromatic N) is 2. The number of aromatic nitrogens is 2. The van der Waals surface area contributed by atoms with Crippen molar-refractivity contribution in [3.8, 4) is 11.3 Å². The minimum atomic E-state index is -4.58. The van der Waals surface area contributed by atoms with Gasteiger partial charge in [-0.05, 0) is 36.3 Å². The van der Waals surface area contributed by atoms with E-state index in [1.165, 1.54) is 12.1 Å². The van der Waals surface area contributed by atoms with Crippen LogP contribution in [0.1, 0.15) is 33.9 Å². The molecule has 7 nitrogen and oxygen atoms in total. The molecule has 2 heterocycles. The maximum absolute atomic E-state index is 13.1. The van der Waals surface area contributed by atoms with E-state index in [0.717, 1.165) is 23.4 Å². The summed E-state index contributed by atoms with van der Waals surface area (Å²) >= 11 is 5.89. The second-order valence-corrected chi connectivity index (χ2v) is 7.92. The molecule has 1 aliphatic heterocycles. The van der Waals surface area contributed by atoms with Crippen LogP contribution in [0.5, 0.6) is 0 Å². The molecule has 1 atom stereocenters. The summed E-state index contributed by atoms with van der Waals surface area (Å²) in [6, 6.07) is 10.8. The van der Waals surface area contributed by atoms with Crippen LogP contribution >= 0.6 is 11.6 Å². The van der Waals surface area contributed by atoms with Crippen LogP contribution in [-0.2, 0) is 11.0 Å². The van der Waals surface area contributed by atoms with Gasteiger partial charge in [0.2, 0.25) is 0 Å². The highest BCUT2D eigenvalue weighted by atomic mass is 35.5. The number of alkyl halides is 3. The first-order valence-electron chi connectivity index (χ1n) is 10.5. The zero-order valence-corrected chi connectivity index (χ0v) is 19.5. The number of primary amides is 1. The third kappa shape index (κ3) is 5.32. The highest BCUT2D eigenvalue weighted by molar-refractivity contribution is 6.31. The van der Waals surface area contributed by atoms with Crippen LogP contribution in [0, 0.1) is 0 Å². The fraction of sp³-hybridized carbons (Fsp3) is 0.208. The largest absolute Gasteiger partial charge is 0.417 e. The number of fused-ring (bicyclic) bond motifs is 1. The molecule has 0 saturated heterocycles. The predicted molar refractivity (Wildman–Crippen MR) is 130 cm³/mol. The van der Waals surface area contributed by atoms with Crippen LogP contribution in [0.3, 0.4) is 0 Å². The Morgan fingerprint density at radius 2 is 2.00 bits per heavy atom. The summed E-state index contributed by atoms with van der Waals surface area (Å²) in [5.41, 5.74) is 7.14. The Morgan fingerprint density at radius 1 is 1.31 bits per heavy atom. The fourth-order valence-electron chi connectivity index (χ4n) is 3.91. The van der Waals surface area contributed by atoms with E-state index >= 15 is 0 Å². The van der Waals surface area contributed by atoms with Crippen molar-refractivity contribution in [1.82, 2.24) is 9.78 Å². The van der Waals surface area contributed by atoms with E-state index in [0.29, 0.717) is 25.1 Å².